The Morgan fingerprint density at radius 1 is 0.951 bits per heavy atom. The van der Waals surface area contributed by atoms with Crippen LogP contribution < -0.4 is 5.32 Å². The van der Waals surface area contributed by atoms with Crippen LogP contribution in [0.2, 0.25) is 0 Å². The van der Waals surface area contributed by atoms with Crippen molar-refractivity contribution >= 4 is 5.71 Å². The summed E-state index contributed by atoms with van der Waals surface area (Å²) in [6.45, 7) is 18.5. The molecule has 0 aromatic rings. The molecule has 0 saturated heterocycles. The van der Waals surface area contributed by atoms with E-state index >= 15 is 0 Å². The zero-order chi connectivity index (χ0) is 29.6. The van der Waals surface area contributed by atoms with Crippen LogP contribution in [0.4, 0.5) is 0 Å². The van der Waals surface area contributed by atoms with Crippen LogP contribution in [0, 0.1) is 58.2 Å². The molecule has 4 aliphatic rings. The van der Waals surface area contributed by atoms with E-state index < -0.39 is 0 Å². The summed E-state index contributed by atoms with van der Waals surface area (Å²) in [5, 5.41) is 18.9. The third kappa shape index (κ3) is 7.35. The van der Waals surface area contributed by atoms with E-state index in [0.29, 0.717) is 41.0 Å². The van der Waals surface area contributed by atoms with Gasteiger partial charge in [-0.15, -0.1) is 0 Å². The molecular formula is C35H63N5O. The number of fused-ring (bicyclic) bond motifs is 5. The third-order valence-corrected chi connectivity index (χ3v) is 13.3. The van der Waals surface area contributed by atoms with Crippen molar-refractivity contribution < 1.29 is 5.11 Å². The van der Waals surface area contributed by atoms with Gasteiger partial charge >= 0.3 is 0 Å². The second-order valence-corrected chi connectivity index (χ2v) is 15.7. The molecule has 0 heterocycles. The SMILES string of the molecule is CC(C)[C@H](C)CC[C@@H](C)[C@H]1CCC2C3C(CC[C@@]21C)[C@@]1(C)CCC(=NCCCNCCCCN=[N+]=[N-])C[C@@H]1C[C@H]3O. The van der Waals surface area contributed by atoms with E-state index in [-0.39, 0.29) is 6.10 Å². The zero-order valence-corrected chi connectivity index (χ0v) is 27.5. The van der Waals surface area contributed by atoms with Gasteiger partial charge in [-0.05, 0) is 147 Å². The molecule has 0 amide bonds. The topological polar surface area (TPSA) is 93.4 Å². The lowest BCUT2D eigenvalue weighted by molar-refractivity contribution is -0.157. The van der Waals surface area contributed by atoms with Crippen LogP contribution in [0.5, 0.6) is 0 Å². The van der Waals surface area contributed by atoms with E-state index in [1.807, 2.05) is 0 Å². The maximum atomic E-state index is 11.8. The molecule has 3 unspecified atom stereocenters. The van der Waals surface area contributed by atoms with E-state index in [1.165, 1.54) is 50.7 Å². The van der Waals surface area contributed by atoms with Crippen molar-refractivity contribution in [3.63, 3.8) is 0 Å². The van der Waals surface area contributed by atoms with E-state index in [4.69, 9.17) is 10.5 Å². The number of aliphatic hydroxyl groups is 1. The van der Waals surface area contributed by atoms with Gasteiger partial charge in [0.1, 0.15) is 0 Å². The molecule has 0 radical (unpaired) electrons. The van der Waals surface area contributed by atoms with Crippen molar-refractivity contribution in [3.05, 3.63) is 10.4 Å². The van der Waals surface area contributed by atoms with E-state index in [1.54, 1.807) is 0 Å². The summed E-state index contributed by atoms with van der Waals surface area (Å²) >= 11 is 0. The first-order valence-corrected chi connectivity index (χ1v) is 17.5. The second kappa shape index (κ2) is 14.6. The molecule has 6 heteroatoms. The highest BCUT2D eigenvalue weighted by Crippen LogP contribution is 2.68. The molecule has 234 valence electrons. The number of rotatable bonds is 14. The number of hydrogen-bond donors (Lipinski definition) is 2. The molecule has 0 aromatic heterocycles. The molecule has 6 nitrogen and oxygen atoms in total. The Morgan fingerprint density at radius 2 is 1.71 bits per heavy atom. The molecule has 2 N–H and O–H groups in total. The van der Waals surface area contributed by atoms with Gasteiger partial charge in [0.2, 0.25) is 0 Å². The fourth-order valence-electron chi connectivity index (χ4n) is 10.3. The molecule has 0 aromatic carbocycles. The average molecular weight is 570 g/mol. The Balaban J connectivity index is 1.29. The van der Waals surface area contributed by atoms with Crippen molar-refractivity contribution in [2.75, 3.05) is 26.2 Å². The second-order valence-electron chi connectivity index (χ2n) is 15.7. The molecule has 0 aliphatic heterocycles. The van der Waals surface area contributed by atoms with Gasteiger partial charge in [-0.1, -0.05) is 59.5 Å². The largest absolute Gasteiger partial charge is 0.393 e. The lowest BCUT2D eigenvalue weighted by Crippen LogP contribution is -2.58. The summed E-state index contributed by atoms with van der Waals surface area (Å²) in [5.41, 5.74) is 10.6. The molecule has 41 heavy (non-hydrogen) atoms. The van der Waals surface area contributed by atoms with Gasteiger partial charge in [0, 0.05) is 23.7 Å². The van der Waals surface area contributed by atoms with Gasteiger partial charge in [0.15, 0.2) is 0 Å². The minimum Gasteiger partial charge on any atom is -0.393 e. The van der Waals surface area contributed by atoms with Crippen molar-refractivity contribution in [1.82, 2.24) is 5.32 Å². The van der Waals surface area contributed by atoms with Crippen molar-refractivity contribution in [1.29, 1.82) is 0 Å². The Morgan fingerprint density at radius 3 is 2.46 bits per heavy atom. The van der Waals surface area contributed by atoms with E-state index in [9.17, 15) is 5.11 Å². The smallest absolute Gasteiger partial charge is 0.0577 e. The predicted molar refractivity (Wildman–Crippen MR) is 172 cm³/mol. The van der Waals surface area contributed by atoms with Gasteiger partial charge < -0.3 is 10.4 Å². The fourth-order valence-corrected chi connectivity index (χ4v) is 10.3. The van der Waals surface area contributed by atoms with Gasteiger partial charge in [0.05, 0.1) is 6.10 Å². The summed E-state index contributed by atoms with van der Waals surface area (Å²) in [5.74, 6) is 5.75. The first-order chi connectivity index (χ1) is 19.6. The minimum atomic E-state index is -0.125. The molecule has 0 bridgehead atoms. The van der Waals surface area contributed by atoms with Crippen LogP contribution in [0.15, 0.2) is 10.1 Å². The summed E-state index contributed by atoms with van der Waals surface area (Å²) < 4.78 is 0. The summed E-state index contributed by atoms with van der Waals surface area (Å²) in [6, 6.07) is 0. The predicted octanol–water partition coefficient (Wildman–Crippen LogP) is 8.84. The van der Waals surface area contributed by atoms with E-state index in [0.717, 1.165) is 81.8 Å². The van der Waals surface area contributed by atoms with Crippen LogP contribution in [-0.4, -0.2) is 43.1 Å². The Bertz CT molecular complexity index is 914. The molecule has 4 aliphatic carbocycles. The van der Waals surface area contributed by atoms with Gasteiger partial charge in [-0.3, -0.25) is 4.99 Å². The summed E-state index contributed by atoms with van der Waals surface area (Å²) in [4.78, 5) is 7.87. The number of azide groups is 1. The van der Waals surface area contributed by atoms with Crippen LogP contribution in [0.3, 0.4) is 0 Å². The number of aliphatic hydroxyl groups excluding tert-OH is 1. The first-order valence-electron chi connectivity index (χ1n) is 17.5. The Labute approximate surface area is 251 Å². The third-order valence-electron chi connectivity index (χ3n) is 13.3. The Kier molecular flexibility index (Phi) is 11.7. The highest BCUT2D eigenvalue weighted by molar-refractivity contribution is 5.85. The van der Waals surface area contributed by atoms with Crippen LogP contribution in [0.1, 0.15) is 125 Å². The monoisotopic (exact) mass is 570 g/mol. The lowest BCUT2D eigenvalue weighted by Gasteiger charge is -2.62. The zero-order valence-electron chi connectivity index (χ0n) is 27.5. The van der Waals surface area contributed by atoms with Crippen molar-refractivity contribution in [2.45, 2.75) is 131 Å². The normalized spacial score (nSPS) is 39.1. The minimum absolute atomic E-state index is 0.125. The molecule has 4 saturated carbocycles. The van der Waals surface area contributed by atoms with Gasteiger partial charge in [-0.25, -0.2) is 0 Å². The van der Waals surface area contributed by atoms with Gasteiger partial charge in [0.25, 0.3) is 0 Å². The molecule has 0 spiro atoms. The number of hydrogen-bond acceptors (Lipinski definition) is 4. The highest BCUT2D eigenvalue weighted by atomic mass is 16.3. The Hall–Kier alpha value is -1.10. The van der Waals surface area contributed by atoms with E-state index in [2.05, 4.69) is 56.9 Å². The van der Waals surface area contributed by atoms with Crippen molar-refractivity contribution in [3.8, 4) is 0 Å². The van der Waals surface area contributed by atoms with Crippen molar-refractivity contribution in [2.24, 2.45) is 68.3 Å². The number of aliphatic imine (C=N–C) groups is 1. The van der Waals surface area contributed by atoms with Gasteiger partial charge in [-0.2, -0.15) is 0 Å². The van der Waals surface area contributed by atoms with Crippen LogP contribution in [0.25, 0.3) is 10.4 Å². The lowest BCUT2D eigenvalue weighted by atomic mass is 9.43. The summed E-state index contributed by atoms with van der Waals surface area (Å²) in [6.07, 6.45) is 15.7. The van der Waals surface area contributed by atoms with Crippen LogP contribution in [-0.2, 0) is 0 Å². The maximum absolute atomic E-state index is 11.8. The number of unbranched alkanes of at least 4 members (excludes halogenated alkanes) is 1. The first kappa shape index (κ1) is 32.8. The quantitative estimate of drug-likeness (QED) is 0.0946. The summed E-state index contributed by atoms with van der Waals surface area (Å²) in [7, 11) is 0. The molecule has 4 rings (SSSR count). The standard InChI is InChI=1S/C35H63N5O/c1-24(2)25(3)10-11-26(4)29-12-13-30-33-31(15-17-35(29,30)6)34(5)16-14-28(22-27(34)23-32(33)41)38-20-9-19-37-18-7-8-21-39-40-36/h24-27,29-33,37,41H,7-23H2,1-6H3/t25-,26-,27-,29-,30?,31?,32-,33?,34+,35-/m1/s1. The molecule has 4 fully saturated rings. The average Bonchev–Trinajstić information content (AvgIpc) is 3.30. The number of nitrogens with zero attached hydrogens (tertiary/aromatic N) is 4. The maximum Gasteiger partial charge on any atom is 0.0577 e. The highest BCUT2D eigenvalue weighted by Gasteiger charge is 2.62. The van der Waals surface area contributed by atoms with Crippen LogP contribution >= 0.6 is 0 Å². The fraction of sp³-hybridized carbons (Fsp3) is 0.971. The number of nitrogens with one attached hydrogen (secondary N) is 1. The molecular weight excluding hydrogens is 506 g/mol. The molecule has 10 atom stereocenters.